The lowest BCUT2D eigenvalue weighted by atomic mass is 11.5. The van der Waals surface area contributed by atoms with Crippen molar-refractivity contribution in [2.45, 2.75) is 0 Å². The maximum absolute atomic E-state index is 7.69. The van der Waals surface area contributed by atoms with Crippen LogP contribution in [0.2, 0.25) is 0 Å². The van der Waals surface area contributed by atoms with Crippen LogP contribution in [0.1, 0.15) is 2.74 Å². The Kier molecular flexibility index (Phi) is 0.973. The predicted octanol–water partition coefficient (Wildman–Crippen LogP) is -0.574. The molecule has 0 saturated heterocycles. The van der Waals surface area contributed by atoms with Gasteiger partial charge >= 0.3 is 0 Å². The van der Waals surface area contributed by atoms with Crippen molar-refractivity contribution in [3.63, 3.8) is 0 Å². The van der Waals surface area contributed by atoms with Crippen LogP contribution in [-0.4, -0.2) is 17.1 Å². The molecule has 4 heavy (non-hydrogen) atoms. The lowest BCUT2D eigenvalue weighted by molar-refractivity contribution is -0.285. The van der Waals surface area contributed by atoms with Gasteiger partial charge in [0.1, 0.15) is 0 Å². The van der Waals surface area contributed by atoms with Crippen molar-refractivity contribution >= 4 is 0 Å². The first-order chi connectivity index (χ1) is 2.56. The normalized spacial score (nSPS) is 18.5. The third-order valence-corrected chi connectivity index (χ3v) is 0.0408. The summed E-state index contributed by atoms with van der Waals surface area (Å²) < 4.78 is 11.9. The molecule has 0 fully saturated rings. The van der Waals surface area contributed by atoms with E-state index < -0.39 is 6.75 Å². The van der Waals surface area contributed by atoms with E-state index in [1.807, 2.05) is 0 Å². The highest BCUT2D eigenvalue weighted by Crippen LogP contribution is 1.44. The molecule has 0 amide bonds. The second kappa shape index (κ2) is 2.88. The van der Waals surface area contributed by atoms with Crippen LogP contribution in [0.4, 0.5) is 0 Å². The topological polar surface area (TPSA) is 49.7 Å². The molecular weight excluding hydrogens is 60.0 g/mol. The first kappa shape index (κ1) is 1.35. The minimum absolute atomic E-state index is 2.83. The van der Waals surface area contributed by atoms with E-state index in [1.54, 1.807) is 0 Å². The fourth-order valence-electron chi connectivity index (χ4n) is 0. The van der Waals surface area contributed by atoms with Crippen LogP contribution in [-0.2, 0) is 4.89 Å². The molecule has 0 aromatic heterocycles. The van der Waals surface area contributed by atoms with Crippen molar-refractivity contribution in [3.05, 3.63) is 0 Å². The SMILES string of the molecule is [2H]C([2H])(O)OO. The lowest BCUT2D eigenvalue weighted by Crippen LogP contribution is -1.80. The molecular formula is CH4O3. The van der Waals surface area contributed by atoms with Crippen molar-refractivity contribution in [2.24, 2.45) is 0 Å². The molecule has 26 valence electrons. The molecule has 0 unspecified atom stereocenters. The molecule has 0 atom stereocenters. The Bertz CT molecular complexity index is 38.5. The highest BCUT2D eigenvalue weighted by molar-refractivity contribution is 3.58. The number of hydrogen-bond acceptors (Lipinski definition) is 3. The number of rotatable bonds is 1. The van der Waals surface area contributed by atoms with Gasteiger partial charge in [-0.15, -0.1) is 0 Å². The van der Waals surface area contributed by atoms with Crippen LogP contribution in [0.25, 0.3) is 0 Å². The van der Waals surface area contributed by atoms with E-state index in [0.29, 0.717) is 0 Å². The zero-order chi connectivity index (χ0) is 5.21. The van der Waals surface area contributed by atoms with Crippen molar-refractivity contribution in [1.82, 2.24) is 0 Å². The average Bonchev–Trinajstić information content (AvgIpc) is 1.35. The van der Waals surface area contributed by atoms with E-state index in [2.05, 4.69) is 4.89 Å². The quantitative estimate of drug-likeness (QED) is 0.245. The summed E-state index contributed by atoms with van der Waals surface area (Å²) in [6.07, 6.45) is 0. The Morgan fingerprint density at radius 1 is 2.25 bits per heavy atom. The van der Waals surface area contributed by atoms with Crippen LogP contribution in [0, 0.1) is 0 Å². The van der Waals surface area contributed by atoms with Gasteiger partial charge in [-0.25, -0.2) is 10.1 Å². The first-order valence-electron chi connectivity index (χ1n) is 1.61. The molecule has 0 aliphatic rings. The Balaban J connectivity index is 3.17. The van der Waals surface area contributed by atoms with Crippen LogP contribution in [0.3, 0.4) is 0 Å². The molecule has 0 saturated carbocycles. The summed E-state index contributed by atoms with van der Waals surface area (Å²) in [4.78, 5) is 2.83. The van der Waals surface area contributed by atoms with Crippen LogP contribution >= 0.6 is 0 Å². The number of aliphatic hydroxyl groups is 1. The van der Waals surface area contributed by atoms with Crippen molar-refractivity contribution < 1.29 is 18.0 Å². The average molecular weight is 66.1 g/mol. The van der Waals surface area contributed by atoms with Gasteiger partial charge in [0.25, 0.3) is 0 Å². The second-order valence-corrected chi connectivity index (χ2v) is 0.183. The van der Waals surface area contributed by atoms with E-state index in [9.17, 15) is 0 Å². The summed E-state index contributed by atoms with van der Waals surface area (Å²) in [5, 5.41) is 15.0. The summed E-state index contributed by atoms with van der Waals surface area (Å²) in [7, 11) is 0. The molecule has 0 aliphatic heterocycles. The molecule has 0 aromatic carbocycles. The van der Waals surface area contributed by atoms with Gasteiger partial charge in [0.15, 0.2) is 6.75 Å². The largest absolute Gasteiger partial charge is 0.368 e. The van der Waals surface area contributed by atoms with Gasteiger partial charge in [0.05, 0.1) is 2.74 Å². The van der Waals surface area contributed by atoms with E-state index >= 15 is 0 Å². The van der Waals surface area contributed by atoms with E-state index in [0.717, 1.165) is 0 Å². The van der Waals surface area contributed by atoms with Gasteiger partial charge < -0.3 is 5.11 Å². The maximum atomic E-state index is 7.69. The number of hydrogen-bond donors (Lipinski definition) is 2. The summed E-state index contributed by atoms with van der Waals surface area (Å²) in [6.45, 7) is -2.90. The first-order valence-corrected chi connectivity index (χ1v) is 0.610. The molecule has 3 heteroatoms. The van der Waals surface area contributed by atoms with Gasteiger partial charge in [-0.2, -0.15) is 0 Å². The molecule has 0 spiro atoms. The molecule has 0 bridgehead atoms. The minimum Gasteiger partial charge on any atom is -0.368 e. The highest BCUT2D eigenvalue weighted by atomic mass is 17.1. The standard InChI is InChI=1S/CH4O3/c2-1-4-3/h2-3H,1H2/i1D2. The fourth-order valence-corrected chi connectivity index (χ4v) is 0. The zero-order valence-electron chi connectivity index (χ0n) is 3.80. The molecule has 0 aliphatic carbocycles. The highest BCUT2D eigenvalue weighted by Gasteiger charge is 1.54. The van der Waals surface area contributed by atoms with Crippen molar-refractivity contribution in [2.75, 3.05) is 6.75 Å². The van der Waals surface area contributed by atoms with Gasteiger partial charge in [-0.3, -0.25) is 0 Å². The summed E-state index contributed by atoms with van der Waals surface area (Å²) in [6, 6.07) is 0. The van der Waals surface area contributed by atoms with Crippen LogP contribution < -0.4 is 0 Å². The molecule has 2 N–H and O–H groups in total. The zero-order valence-corrected chi connectivity index (χ0v) is 1.80. The molecule has 0 aromatic rings. The third-order valence-electron chi connectivity index (χ3n) is 0.0408. The Morgan fingerprint density at radius 3 is 2.50 bits per heavy atom. The van der Waals surface area contributed by atoms with Gasteiger partial charge in [0.2, 0.25) is 0 Å². The van der Waals surface area contributed by atoms with Crippen LogP contribution in [0.5, 0.6) is 0 Å². The smallest absolute Gasteiger partial charge is 0.177 e. The maximum Gasteiger partial charge on any atom is 0.177 e. The van der Waals surface area contributed by atoms with Crippen molar-refractivity contribution in [3.8, 4) is 0 Å². The Hall–Kier alpha value is -0.120. The molecule has 0 rings (SSSR count). The summed E-state index contributed by atoms with van der Waals surface area (Å²) in [5.74, 6) is 0. The monoisotopic (exact) mass is 66.0 g/mol. The summed E-state index contributed by atoms with van der Waals surface area (Å²) >= 11 is 0. The van der Waals surface area contributed by atoms with E-state index in [4.69, 9.17) is 13.1 Å². The minimum atomic E-state index is -2.90. The Morgan fingerprint density at radius 2 is 2.50 bits per heavy atom. The Labute approximate surface area is 26.2 Å². The van der Waals surface area contributed by atoms with E-state index in [-0.39, 0.29) is 0 Å². The molecule has 0 heterocycles. The second-order valence-electron chi connectivity index (χ2n) is 0.183. The lowest BCUT2D eigenvalue weighted by Gasteiger charge is -1.73. The third kappa shape index (κ3) is 1.88. The predicted molar refractivity (Wildman–Crippen MR) is 10.8 cm³/mol. The van der Waals surface area contributed by atoms with Crippen molar-refractivity contribution in [1.29, 1.82) is 0 Å². The van der Waals surface area contributed by atoms with Gasteiger partial charge in [-0.05, 0) is 0 Å². The fraction of sp³-hybridized carbons (Fsp3) is 1.00. The van der Waals surface area contributed by atoms with Gasteiger partial charge in [0, 0.05) is 0 Å². The van der Waals surface area contributed by atoms with E-state index in [1.165, 1.54) is 0 Å². The summed E-state index contributed by atoms with van der Waals surface area (Å²) in [5.41, 5.74) is 0. The van der Waals surface area contributed by atoms with Gasteiger partial charge in [-0.1, -0.05) is 0 Å². The molecule has 3 nitrogen and oxygen atoms in total. The molecule has 0 radical (unpaired) electrons. The van der Waals surface area contributed by atoms with Crippen LogP contribution in [0.15, 0.2) is 0 Å².